The van der Waals surface area contributed by atoms with Gasteiger partial charge in [0.05, 0.1) is 0 Å². The number of Topliss-reactive ketones (excluding diaryl/α,β-unsaturated/α-hetero) is 1. The Hall–Kier alpha value is -1.58. The molecular formula is C13H17NO3. The molecule has 0 saturated heterocycles. The molecule has 0 N–H and O–H groups in total. The molecule has 2 rings (SSSR count). The fraction of sp³-hybridized carbons (Fsp3) is 0.538. The molecule has 0 radical (unpaired) electrons. The number of aromatic nitrogens is 1. The van der Waals surface area contributed by atoms with Crippen LogP contribution in [-0.4, -0.2) is 16.8 Å². The third-order valence-electron chi connectivity index (χ3n) is 3.40. The molecule has 0 aliphatic heterocycles. The highest BCUT2D eigenvalue weighted by atomic mass is 16.5. The van der Waals surface area contributed by atoms with Crippen LogP contribution in [0.2, 0.25) is 0 Å². The van der Waals surface area contributed by atoms with E-state index >= 15 is 0 Å². The van der Waals surface area contributed by atoms with Crippen molar-refractivity contribution in [2.45, 2.75) is 38.8 Å². The monoisotopic (exact) mass is 235 g/mol. The van der Waals surface area contributed by atoms with Crippen molar-refractivity contribution in [1.29, 1.82) is 0 Å². The van der Waals surface area contributed by atoms with Crippen LogP contribution in [-0.2, 0) is 9.53 Å². The first-order valence-electron chi connectivity index (χ1n) is 6.03. The fourth-order valence-corrected chi connectivity index (χ4v) is 2.36. The summed E-state index contributed by atoms with van der Waals surface area (Å²) in [6.07, 6.45) is 7.49. The molecular weight excluding hydrogens is 218 g/mol. The Balaban J connectivity index is 2.06. The predicted molar refractivity (Wildman–Crippen MR) is 62.6 cm³/mol. The number of carbonyl (C=O) groups excluding carboxylic acids is 2. The fourth-order valence-electron chi connectivity index (χ4n) is 2.36. The number of carbonyl (C=O) groups is 2. The lowest BCUT2D eigenvalue weighted by Gasteiger charge is -2.10. The second kappa shape index (κ2) is 5.17. The maximum atomic E-state index is 12.1. The number of hydrogen-bond acceptors (Lipinski definition) is 3. The van der Waals surface area contributed by atoms with Gasteiger partial charge in [0, 0.05) is 23.9 Å². The molecule has 1 fully saturated rings. The normalized spacial score (nSPS) is 17.9. The van der Waals surface area contributed by atoms with E-state index < -0.39 is 0 Å². The summed E-state index contributed by atoms with van der Waals surface area (Å²) in [5.74, 6) is 0.410. The van der Waals surface area contributed by atoms with E-state index in [0.717, 1.165) is 31.2 Å². The van der Waals surface area contributed by atoms with Gasteiger partial charge in [-0.1, -0.05) is 12.8 Å². The molecule has 0 spiro atoms. The van der Waals surface area contributed by atoms with Gasteiger partial charge in [-0.2, -0.15) is 0 Å². The molecule has 1 unspecified atom stereocenters. The average molecular weight is 235 g/mol. The molecule has 4 nitrogen and oxygen atoms in total. The lowest BCUT2D eigenvalue weighted by molar-refractivity contribution is -0.136. The maximum absolute atomic E-state index is 12.1. The van der Waals surface area contributed by atoms with Crippen molar-refractivity contribution in [1.82, 2.24) is 4.57 Å². The highest BCUT2D eigenvalue weighted by Gasteiger charge is 2.24. The first-order valence-corrected chi connectivity index (χ1v) is 6.03. The van der Waals surface area contributed by atoms with E-state index in [0.29, 0.717) is 6.47 Å². The topological polar surface area (TPSA) is 48.3 Å². The standard InChI is InChI=1S/C13H17NO3/c1-10(17-9-15)14-7-6-12(8-14)13(16)11-4-2-3-5-11/h6-11H,2-5H2,1H3. The van der Waals surface area contributed by atoms with Crippen LogP contribution in [0.4, 0.5) is 0 Å². The molecule has 1 aromatic heterocycles. The molecule has 0 amide bonds. The molecule has 0 aromatic carbocycles. The van der Waals surface area contributed by atoms with Gasteiger partial charge in [0.25, 0.3) is 6.47 Å². The van der Waals surface area contributed by atoms with Gasteiger partial charge in [0.15, 0.2) is 12.0 Å². The Morgan fingerprint density at radius 2 is 2.24 bits per heavy atom. The van der Waals surface area contributed by atoms with Crippen LogP contribution >= 0.6 is 0 Å². The number of ketones is 1. The third-order valence-corrected chi connectivity index (χ3v) is 3.40. The second-order valence-corrected chi connectivity index (χ2v) is 4.52. The molecule has 1 aliphatic carbocycles. The quantitative estimate of drug-likeness (QED) is 0.582. The summed E-state index contributed by atoms with van der Waals surface area (Å²) in [7, 11) is 0. The first-order chi connectivity index (χ1) is 8.22. The van der Waals surface area contributed by atoms with E-state index in [-0.39, 0.29) is 17.9 Å². The highest BCUT2D eigenvalue weighted by Crippen LogP contribution is 2.28. The maximum Gasteiger partial charge on any atom is 0.295 e. The number of ether oxygens (including phenoxy) is 1. The molecule has 1 aromatic rings. The summed E-state index contributed by atoms with van der Waals surface area (Å²) in [4.78, 5) is 22.4. The van der Waals surface area contributed by atoms with Gasteiger partial charge in [-0.3, -0.25) is 9.59 Å². The van der Waals surface area contributed by atoms with Crippen molar-refractivity contribution >= 4 is 12.3 Å². The van der Waals surface area contributed by atoms with E-state index in [4.69, 9.17) is 4.74 Å². The van der Waals surface area contributed by atoms with E-state index in [1.54, 1.807) is 30.0 Å². The minimum absolute atomic E-state index is 0.188. The van der Waals surface area contributed by atoms with Crippen LogP contribution in [0.3, 0.4) is 0 Å². The minimum atomic E-state index is -0.363. The van der Waals surface area contributed by atoms with Crippen LogP contribution in [0.15, 0.2) is 18.5 Å². The van der Waals surface area contributed by atoms with Crippen molar-refractivity contribution < 1.29 is 14.3 Å². The van der Waals surface area contributed by atoms with E-state index in [1.807, 2.05) is 0 Å². The first kappa shape index (κ1) is 11.9. The Kier molecular flexibility index (Phi) is 3.61. The van der Waals surface area contributed by atoms with Crippen LogP contribution in [0, 0.1) is 5.92 Å². The number of hydrogen-bond donors (Lipinski definition) is 0. The zero-order valence-electron chi connectivity index (χ0n) is 9.96. The zero-order chi connectivity index (χ0) is 12.3. The zero-order valence-corrected chi connectivity index (χ0v) is 9.96. The van der Waals surface area contributed by atoms with Gasteiger partial charge < -0.3 is 9.30 Å². The smallest absolute Gasteiger partial charge is 0.295 e. The van der Waals surface area contributed by atoms with Gasteiger partial charge >= 0.3 is 0 Å². The van der Waals surface area contributed by atoms with Crippen molar-refractivity contribution in [3.8, 4) is 0 Å². The highest BCUT2D eigenvalue weighted by molar-refractivity contribution is 5.97. The molecule has 1 atom stereocenters. The summed E-state index contributed by atoms with van der Waals surface area (Å²) < 4.78 is 6.55. The lowest BCUT2D eigenvalue weighted by Crippen LogP contribution is -2.11. The Morgan fingerprint density at radius 3 is 2.88 bits per heavy atom. The van der Waals surface area contributed by atoms with Crippen LogP contribution in [0.5, 0.6) is 0 Å². The van der Waals surface area contributed by atoms with E-state index in [9.17, 15) is 9.59 Å². The summed E-state index contributed by atoms with van der Waals surface area (Å²) in [5, 5.41) is 0. The van der Waals surface area contributed by atoms with Gasteiger partial charge in [0.2, 0.25) is 0 Å². The van der Waals surface area contributed by atoms with Crippen molar-refractivity contribution in [2.24, 2.45) is 5.92 Å². The van der Waals surface area contributed by atoms with Crippen LogP contribution in [0.25, 0.3) is 0 Å². The van der Waals surface area contributed by atoms with Gasteiger partial charge in [-0.15, -0.1) is 0 Å². The minimum Gasteiger partial charge on any atom is -0.444 e. The van der Waals surface area contributed by atoms with E-state index in [2.05, 4.69) is 0 Å². The Labute approximate surface area is 101 Å². The van der Waals surface area contributed by atoms with Crippen molar-refractivity contribution in [2.75, 3.05) is 0 Å². The van der Waals surface area contributed by atoms with E-state index in [1.165, 1.54) is 0 Å². The average Bonchev–Trinajstić information content (AvgIpc) is 3.00. The Morgan fingerprint density at radius 1 is 1.53 bits per heavy atom. The largest absolute Gasteiger partial charge is 0.444 e. The van der Waals surface area contributed by atoms with Crippen molar-refractivity contribution in [3.63, 3.8) is 0 Å². The summed E-state index contributed by atoms with van der Waals surface area (Å²) in [6, 6.07) is 1.80. The molecule has 1 heterocycles. The van der Waals surface area contributed by atoms with Gasteiger partial charge in [0.1, 0.15) is 0 Å². The van der Waals surface area contributed by atoms with Crippen LogP contribution < -0.4 is 0 Å². The molecule has 4 heteroatoms. The molecule has 17 heavy (non-hydrogen) atoms. The van der Waals surface area contributed by atoms with Crippen LogP contribution in [0.1, 0.15) is 49.2 Å². The SMILES string of the molecule is CC(OC=O)n1ccc(C(=O)C2CCCC2)c1. The van der Waals surface area contributed by atoms with Gasteiger partial charge in [-0.05, 0) is 25.8 Å². The lowest BCUT2D eigenvalue weighted by atomic mass is 9.98. The number of nitrogens with zero attached hydrogens (tertiary/aromatic N) is 1. The second-order valence-electron chi connectivity index (χ2n) is 4.52. The third kappa shape index (κ3) is 2.57. The molecule has 92 valence electrons. The Bertz CT molecular complexity index is 405. The summed E-state index contributed by atoms with van der Waals surface area (Å²) in [6.45, 7) is 2.18. The summed E-state index contributed by atoms with van der Waals surface area (Å²) >= 11 is 0. The molecule has 1 saturated carbocycles. The number of rotatable bonds is 5. The summed E-state index contributed by atoms with van der Waals surface area (Å²) in [5.41, 5.74) is 0.721. The van der Waals surface area contributed by atoms with Gasteiger partial charge in [-0.25, -0.2) is 0 Å². The van der Waals surface area contributed by atoms with Crippen molar-refractivity contribution in [3.05, 3.63) is 24.0 Å². The predicted octanol–water partition coefficient (Wildman–Crippen LogP) is 2.55. The molecule has 1 aliphatic rings. The molecule has 0 bridgehead atoms.